The second-order valence-corrected chi connectivity index (χ2v) is 9.17. The number of fused-ring (bicyclic) bond motifs is 2. The Morgan fingerprint density at radius 1 is 1.25 bits per heavy atom. The molecule has 2 bridgehead atoms. The number of nitrogens with one attached hydrogen (secondary N) is 1. The first-order chi connectivity index (χ1) is 11.4. The van der Waals surface area contributed by atoms with Crippen molar-refractivity contribution in [1.82, 2.24) is 4.83 Å². The third-order valence-corrected chi connectivity index (χ3v) is 7.21. The Kier molecular flexibility index (Phi) is 5.00. The fraction of sp³-hybridized carbons (Fsp3) is 0.632. The van der Waals surface area contributed by atoms with E-state index in [0.29, 0.717) is 17.8 Å². The summed E-state index contributed by atoms with van der Waals surface area (Å²) in [5.74, 6) is 2.43. The van der Waals surface area contributed by atoms with Crippen LogP contribution in [0.1, 0.15) is 64.4 Å². The van der Waals surface area contributed by atoms with Crippen LogP contribution < -0.4 is 4.83 Å². The lowest BCUT2D eigenvalue weighted by Crippen LogP contribution is -2.24. The van der Waals surface area contributed by atoms with Crippen molar-refractivity contribution < 1.29 is 8.42 Å². The number of hydrogen-bond donors (Lipinski definition) is 1. The van der Waals surface area contributed by atoms with Gasteiger partial charge in [-0.25, -0.2) is 4.83 Å². The highest BCUT2D eigenvalue weighted by Crippen LogP contribution is 2.48. The van der Waals surface area contributed by atoms with Crippen molar-refractivity contribution in [3.05, 3.63) is 29.8 Å². The van der Waals surface area contributed by atoms with Crippen LogP contribution in [0.25, 0.3) is 0 Å². The summed E-state index contributed by atoms with van der Waals surface area (Å²) in [5, 5.41) is 4.23. The number of rotatable bonds is 6. The molecule has 0 heterocycles. The number of benzene rings is 1. The molecule has 2 aliphatic carbocycles. The maximum absolute atomic E-state index is 12.4. The second kappa shape index (κ2) is 6.87. The van der Waals surface area contributed by atoms with E-state index in [1.165, 1.54) is 25.7 Å². The molecule has 3 rings (SSSR count). The van der Waals surface area contributed by atoms with E-state index >= 15 is 0 Å². The second-order valence-electron chi connectivity index (χ2n) is 7.51. The van der Waals surface area contributed by atoms with Gasteiger partial charge in [-0.2, -0.15) is 13.5 Å². The van der Waals surface area contributed by atoms with Crippen LogP contribution in [0.15, 0.2) is 34.3 Å². The van der Waals surface area contributed by atoms with Gasteiger partial charge < -0.3 is 0 Å². The maximum atomic E-state index is 12.4. The van der Waals surface area contributed by atoms with Gasteiger partial charge in [0.2, 0.25) is 0 Å². The minimum atomic E-state index is -3.58. The summed E-state index contributed by atoms with van der Waals surface area (Å²) < 4.78 is 24.9. The Bertz CT molecular complexity index is 709. The number of hydrazone groups is 1. The first-order valence-corrected chi connectivity index (χ1v) is 10.5. The lowest BCUT2D eigenvalue weighted by atomic mass is 9.86. The topological polar surface area (TPSA) is 58.5 Å². The van der Waals surface area contributed by atoms with Crippen molar-refractivity contribution in [3.8, 4) is 0 Å². The SMILES string of the molecule is CC[C@@H](C)c1ccc(S(=O)(=O)N/N=C(\C)[C@H]2C[C@@H]3CC[C@@H]2C3)cc1. The Morgan fingerprint density at radius 2 is 1.96 bits per heavy atom. The van der Waals surface area contributed by atoms with E-state index in [1.54, 1.807) is 12.1 Å². The van der Waals surface area contributed by atoms with Crippen molar-refractivity contribution >= 4 is 15.7 Å². The third kappa shape index (κ3) is 3.51. The lowest BCUT2D eigenvalue weighted by Gasteiger charge is -2.21. The van der Waals surface area contributed by atoms with Crippen LogP contribution in [-0.4, -0.2) is 14.1 Å². The molecule has 0 aliphatic heterocycles. The van der Waals surface area contributed by atoms with Crippen LogP contribution in [0.4, 0.5) is 0 Å². The van der Waals surface area contributed by atoms with E-state index in [2.05, 4.69) is 23.8 Å². The normalized spacial score (nSPS) is 28.1. The predicted molar refractivity (Wildman–Crippen MR) is 97.5 cm³/mol. The molecule has 0 saturated heterocycles. The van der Waals surface area contributed by atoms with Crippen molar-refractivity contribution in [2.24, 2.45) is 22.9 Å². The first-order valence-electron chi connectivity index (χ1n) is 9.06. The molecule has 0 spiro atoms. The molecule has 1 N–H and O–H groups in total. The summed E-state index contributed by atoms with van der Waals surface area (Å²) in [6, 6.07) is 7.14. The average molecular weight is 349 g/mol. The Hall–Kier alpha value is -1.36. The summed E-state index contributed by atoms with van der Waals surface area (Å²) >= 11 is 0. The molecule has 0 amide bonds. The molecule has 0 aromatic heterocycles. The highest BCUT2D eigenvalue weighted by atomic mass is 32.2. The summed E-state index contributed by atoms with van der Waals surface area (Å²) in [4.78, 5) is 2.71. The quantitative estimate of drug-likeness (QED) is 0.616. The molecule has 1 aromatic rings. The van der Waals surface area contributed by atoms with Gasteiger partial charge in [-0.15, -0.1) is 0 Å². The molecule has 2 saturated carbocycles. The highest BCUT2D eigenvalue weighted by Gasteiger charge is 2.40. The van der Waals surface area contributed by atoms with Crippen molar-refractivity contribution in [1.29, 1.82) is 0 Å². The Labute approximate surface area is 145 Å². The molecule has 5 heteroatoms. The predicted octanol–water partition coefficient (Wildman–Crippen LogP) is 4.29. The van der Waals surface area contributed by atoms with Crippen LogP contribution in [0.2, 0.25) is 0 Å². The number of hydrogen-bond acceptors (Lipinski definition) is 3. The van der Waals surface area contributed by atoms with Crippen molar-refractivity contribution in [2.45, 2.75) is 63.7 Å². The minimum absolute atomic E-state index is 0.277. The van der Waals surface area contributed by atoms with Crippen LogP contribution in [0, 0.1) is 17.8 Å². The average Bonchev–Trinajstić information content (AvgIpc) is 3.22. The van der Waals surface area contributed by atoms with E-state index in [-0.39, 0.29) is 4.90 Å². The van der Waals surface area contributed by atoms with E-state index in [0.717, 1.165) is 23.6 Å². The summed E-state index contributed by atoms with van der Waals surface area (Å²) in [7, 11) is -3.58. The van der Waals surface area contributed by atoms with Gasteiger partial charge in [-0.05, 0) is 68.1 Å². The lowest BCUT2D eigenvalue weighted by molar-refractivity contribution is 0.413. The maximum Gasteiger partial charge on any atom is 0.276 e. The molecule has 132 valence electrons. The molecular weight excluding hydrogens is 320 g/mol. The fourth-order valence-corrected chi connectivity index (χ4v) is 5.10. The molecule has 4 atom stereocenters. The molecule has 0 unspecified atom stereocenters. The Balaban J connectivity index is 1.68. The molecule has 1 aromatic carbocycles. The van der Waals surface area contributed by atoms with Crippen LogP contribution >= 0.6 is 0 Å². The summed E-state index contributed by atoms with van der Waals surface area (Å²) in [6.45, 7) is 6.23. The van der Waals surface area contributed by atoms with Gasteiger partial charge in [0.15, 0.2) is 0 Å². The highest BCUT2D eigenvalue weighted by molar-refractivity contribution is 7.89. The summed E-state index contributed by atoms with van der Waals surface area (Å²) in [5.41, 5.74) is 2.10. The molecular formula is C19H28N2O2S. The zero-order valence-electron chi connectivity index (χ0n) is 14.8. The zero-order valence-corrected chi connectivity index (χ0v) is 15.6. The number of nitrogens with zero attached hydrogens (tertiary/aromatic N) is 1. The van der Waals surface area contributed by atoms with Gasteiger partial charge in [0, 0.05) is 11.6 Å². The van der Waals surface area contributed by atoms with Gasteiger partial charge in [0.1, 0.15) is 0 Å². The standard InChI is InChI=1S/C19H28N2O2S/c1-4-13(2)16-7-9-18(10-8-16)24(22,23)21-20-14(3)19-12-15-5-6-17(19)11-15/h7-10,13,15,17,19,21H,4-6,11-12H2,1-3H3/b20-14+/t13-,15-,17-,19-/m1/s1. The van der Waals surface area contributed by atoms with Crippen molar-refractivity contribution in [3.63, 3.8) is 0 Å². The van der Waals surface area contributed by atoms with E-state index in [1.807, 2.05) is 19.1 Å². The Morgan fingerprint density at radius 3 is 2.50 bits per heavy atom. The van der Waals surface area contributed by atoms with Gasteiger partial charge in [-0.3, -0.25) is 0 Å². The molecule has 2 fully saturated rings. The van der Waals surface area contributed by atoms with Crippen molar-refractivity contribution in [2.75, 3.05) is 0 Å². The van der Waals surface area contributed by atoms with Gasteiger partial charge in [0.25, 0.3) is 10.0 Å². The first kappa shape index (κ1) is 17.5. The number of sulfonamides is 1. The zero-order chi connectivity index (χ0) is 17.3. The van der Waals surface area contributed by atoms with Gasteiger partial charge in [0.05, 0.1) is 4.90 Å². The fourth-order valence-electron chi connectivity index (χ4n) is 4.24. The van der Waals surface area contributed by atoms with Gasteiger partial charge >= 0.3 is 0 Å². The smallest absolute Gasteiger partial charge is 0.200 e. The molecule has 4 nitrogen and oxygen atoms in total. The largest absolute Gasteiger partial charge is 0.276 e. The molecule has 0 radical (unpaired) electrons. The summed E-state index contributed by atoms with van der Waals surface area (Å²) in [6.07, 6.45) is 6.11. The third-order valence-electron chi connectivity index (χ3n) is 5.99. The minimum Gasteiger partial charge on any atom is -0.200 e. The van der Waals surface area contributed by atoms with Crippen LogP contribution in [0.5, 0.6) is 0 Å². The van der Waals surface area contributed by atoms with Gasteiger partial charge in [-0.1, -0.05) is 32.4 Å². The van der Waals surface area contributed by atoms with E-state index in [9.17, 15) is 8.42 Å². The van der Waals surface area contributed by atoms with E-state index in [4.69, 9.17) is 0 Å². The molecule has 2 aliphatic rings. The van der Waals surface area contributed by atoms with Crippen LogP contribution in [0.3, 0.4) is 0 Å². The molecule has 24 heavy (non-hydrogen) atoms. The van der Waals surface area contributed by atoms with E-state index < -0.39 is 10.0 Å². The monoisotopic (exact) mass is 348 g/mol. The van der Waals surface area contributed by atoms with Crippen LogP contribution in [-0.2, 0) is 10.0 Å².